The van der Waals surface area contributed by atoms with Crippen LogP contribution in [0.3, 0.4) is 0 Å². The molecule has 0 atom stereocenters. The van der Waals surface area contributed by atoms with Gasteiger partial charge in [0.15, 0.2) is 5.69 Å². The molecule has 6 heteroatoms. The lowest BCUT2D eigenvalue weighted by molar-refractivity contribution is 0.102. The number of carbonyl (C=O) groups excluding carboxylic acids is 1. The molecule has 0 aliphatic carbocycles. The third-order valence-corrected chi connectivity index (χ3v) is 4.23. The van der Waals surface area contributed by atoms with Crippen molar-refractivity contribution in [3.63, 3.8) is 0 Å². The Balaban J connectivity index is 1.84. The Morgan fingerprint density at radius 2 is 1.88 bits per heavy atom. The predicted molar refractivity (Wildman–Crippen MR) is 99.6 cm³/mol. The van der Waals surface area contributed by atoms with E-state index >= 15 is 0 Å². The minimum Gasteiger partial charge on any atom is -0.320 e. The van der Waals surface area contributed by atoms with Crippen molar-refractivity contribution < 1.29 is 4.79 Å². The molecule has 0 radical (unpaired) electrons. The van der Waals surface area contributed by atoms with Gasteiger partial charge in [-0.15, -0.1) is 5.10 Å². The predicted octanol–water partition coefficient (Wildman–Crippen LogP) is 4.60. The molecule has 0 aliphatic heterocycles. The molecule has 1 N–H and O–H groups in total. The third kappa shape index (κ3) is 3.72. The summed E-state index contributed by atoms with van der Waals surface area (Å²) in [6.45, 7) is 6.12. The molecule has 128 valence electrons. The topological polar surface area (TPSA) is 59.8 Å². The number of aromatic nitrogens is 3. The van der Waals surface area contributed by atoms with Gasteiger partial charge >= 0.3 is 0 Å². The monoisotopic (exact) mass is 354 g/mol. The van der Waals surface area contributed by atoms with Crippen LogP contribution >= 0.6 is 11.6 Å². The fraction of sp³-hybridized carbons (Fsp3) is 0.211. The minimum absolute atomic E-state index is 0.285. The maximum Gasteiger partial charge on any atom is 0.278 e. The van der Waals surface area contributed by atoms with Gasteiger partial charge in [0, 0.05) is 10.7 Å². The average Bonchev–Trinajstić information content (AvgIpc) is 2.96. The smallest absolute Gasteiger partial charge is 0.278 e. The average molecular weight is 355 g/mol. The Morgan fingerprint density at radius 3 is 2.52 bits per heavy atom. The van der Waals surface area contributed by atoms with Crippen LogP contribution in [0.4, 0.5) is 5.69 Å². The van der Waals surface area contributed by atoms with Crippen molar-refractivity contribution in [2.45, 2.75) is 26.7 Å². The molecule has 5 nitrogen and oxygen atoms in total. The lowest BCUT2D eigenvalue weighted by Crippen LogP contribution is -2.14. The normalized spacial score (nSPS) is 10.9. The maximum absolute atomic E-state index is 12.5. The van der Waals surface area contributed by atoms with Crippen LogP contribution in [-0.2, 0) is 0 Å². The van der Waals surface area contributed by atoms with Crippen LogP contribution in [0.25, 0.3) is 5.69 Å². The summed E-state index contributed by atoms with van der Waals surface area (Å²) in [5.41, 5.74) is 3.70. The van der Waals surface area contributed by atoms with E-state index in [9.17, 15) is 4.79 Å². The number of carbonyl (C=O) groups is 1. The highest BCUT2D eigenvalue weighted by atomic mass is 35.5. The summed E-state index contributed by atoms with van der Waals surface area (Å²) in [5.74, 6) is 0.148. The lowest BCUT2D eigenvalue weighted by atomic mass is 10.0. The second-order valence-electron chi connectivity index (χ2n) is 6.15. The van der Waals surface area contributed by atoms with E-state index < -0.39 is 0 Å². The minimum atomic E-state index is -0.315. The summed E-state index contributed by atoms with van der Waals surface area (Å²) in [5, 5.41) is 11.5. The van der Waals surface area contributed by atoms with Crippen molar-refractivity contribution in [3.05, 3.63) is 70.5 Å². The van der Waals surface area contributed by atoms with Gasteiger partial charge in [-0.2, -0.15) is 0 Å². The van der Waals surface area contributed by atoms with Gasteiger partial charge < -0.3 is 5.32 Å². The third-order valence-electron chi connectivity index (χ3n) is 4.00. The summed E-state index contributed by atoms with van der Waals surface area (Å²) in [6.07, 6.45) is 0. The van der Waals surface area contributed by atoms with Crippen LogP contribution in [0.2, 0.25) is 5.02 Å². The maximum atomic E-state index is 12.5. The highest BCUT2D eigenvalue weighted by molar-refractivity contribution is 6.30. The Hall–Kier alpha value is -2.66. The van der Waals surface area contributed by atoms with Gasteiger partial charge in [0.2, 0.25) is 0 Å². The zero-order valence-electron chi connectivity index (χ0n) is 14.3. The highest BCUT2D eigenvalue weighted by Crippen LogP contribution is 2.19. The van der Waals surface area contributed by atoms with Crippen LogP contribution in [0.5, 0.6) is 0 Å². The van der Waals surface area contributed by atoms with E-state index in [1.165, 1.54) is 5.56 Å². The van der Waals surface area contributed by atoms with Gasteiger partial charge in [-0.25, -0.2) is 4.68 Å². The molecular weight excluding hydrogens is 336 g/mol. The molecule has 0 fully saturated rings. The fourth-order valence-electron chi connectivity index (χ4n) is 2.54. The van der Waals surface area contributed by atoms with Crippen molar-refractivity contribution in [2.75, 3.05) is 5.32 Å². The number of hydrogen-bond donors (Lipinski definition) is 1. The van der Waals surface area contributed by atoms with Crippen molar-refractivity contribution in [1.29, 1.82) is 0 Å². The van der Waals surface area contributed by atoms with E-state index in [1.807, 2.05) is 19.1 Å². The first-order chi connectivity index (χ1) is 12.0. The SMILES string of the molecule is Cc1c(C(=O)Nc2cccc(Cl)c2)nnn1-c1ccc(C(C)C)cc1. The lowest BCUT2D eigenvalue weighted by Gasteiger charge is -2.08. The number of nitrogens with one attached hydrogen (secondary N) is 1. The summed E-state index contributed by atoms with van der Waals surface area (Å²) in [6, 6.07) is 15.1. The molecule has 1 aromatic heterocycles. The number of anilines is 1. The van der Waals surface area contributed by atoms with Gasteiger partial charge in [0.05, 0.1) is 11.4 Å². The Kier molecular flexibility index (Phi) is 4.86. The van der Waals surface area contributed by atoms with Crippen molar-refractivity contribution in [2.24, 2.45) is 0 Å². The van der Waals surface area contributed by atoms with Crippen LogP contribution < -0.4 is 5.32 Å². The largest absolute Gasteiger partial charge is 0.320 e. The van der Waals surface area contributed by atoms with E-state index in [1.54, 1.807) is 28.9 Å². The second kappa shape index (κ2) is 7.07. The molecule has 0 bridgehead atoms. The quantitative estimate of drug-likeness (QED) is 0.744. The van der Waals surface area contributed by atoms with Gasteiger partial charge in [-0.3, -0.25) is 4.79 Å². The molecule has 1 amide bonds. The standard InChI is InChI=1S/C19H19ClN4O/c1-12(2)14-7-9-17(10-8-14)24-13(3)18(22-23-24)19(25)21-16-6-4-5-15(20)11-16/h4-12H,1-3H3,(H,21,25). The van der Waals surface area contributed by atoms with E-state index in [-0.39, 0.29) is 11.6 Å². The van der Waals surface area contributed by atoms with E-state index in [0.717, 1.165) is 5.69 Å². The number of hydrogen-bond acceptors (Lipinski definition) is 3. The zero-order chi connectivity index (χ0) is 18.0. The first-order valence-corrected chi connectivity index (χ1v) is 8.43. The Labute approximate surface area is 151 Å². The van der Waals surface area contributed by atoms with Gasteiger partial charge in [0.1, 0.15) is 0 Å². The van der Waals surface area contributed by atoms with Crippen molar-refractivity contribution >= 4 is 23.2 Å². The molecule has 0 saturated carbocycles. The number of benzene rings is 2. The molecule has 2 aromatic carbocycles. The first-order valence-electron chi connectivity index (χ1n) is 8.05. The molecule has 3 aromatic rings. The Bertz CT molecular complexity index is 900. The summed E-state index contributed by atoms with van der Waals surface area (Å²) in [4.78, 5) is 12.5. The number of rotatable bonds is 4. The fourth-order valence-corrected chi connectivity index (χ4v) is 2.73. The number of nitrogens with zero attached hydrogens (tertiary/aromatic N) is 3. The summed E-state index contributed by atoms with van der Waals surface area (Å²) in [7, 11) is 0. The first kappa shape index (κ1) is 17.2. The highest BCUT2D eigenvalue weighted by Gasteiger charge is 2.17. The molecule has 1 heterocycles. The van der Waals surface area contributed by atoms with Gasteiger partial charge in [-0.05, 0) is 48.7 Å². The summed E-state index contributed by atoms with van der Waals surface area (Å²) < 4.78 is 1.66. The zero-order valence-corrected chi connectivity index (χ0v) is 15.1. The van der Waals surface area contributed by atoms with Crippen LogP contribution in [-0.4, -0.2) is 20.9 Å². The van der Waals surface area contributed by atoms with E-state index in [4.69, 9.17) is 11.6 Å². The van der Waals surface area contributed by atoms with Gasteiger partial charge in [-0.1, -0.05) is 48.9 Å². The number of amides is 1. The van der Waals surface area contributed by atoms with Crippen LogP contribution in [0.1, 0.15) is 41.5 Å². The molecular formula is C19H19ClN4O. The van der Waals surface area contributed by atoms with Crippen molar-refractivity contribution in [1.82, 2.24) is 15.0 Å². The van der Waals surface area contributed by atoms with Crippen LogP contribution in [0.15, 0.2) is 48.5 Å². The second-order valence-corrected chi connectivity index (χ2v) is 6.58. The molecule has 25 heavy (non-hydrogen) atoms. The van der Waals surface area contributed by atoms with Crippen LogP contribution in [0, 0.1) is 6.92 Å². The molecule has 0 unspecified atom stereocenters. The molecule has 0 saturated heterocycles. The van der Waals surface area contributed by atoms with Crippen molar-refractivity contribution in [3.8, 4) is 5.69 Å². The Morgan fingerprint density at radius 1 is 1.16 bits per heavy atom. The molecule has 0 aliphatic rings. The molecule has 0 spiro atoms. The molecule has 3 rings (SSSR count). The number of halogens is 1. The summed E-state index contributed by atoms with van der Waals surface area (Å²) >= 11 is 5.94. The van der Waals surface area contributed by atoms with Gasteiger partial charge in [0.25, 0.3) is 5.91 Å². The van der Waals surface area contributed by atoms with E-state index in [2.05, 4.69) is 41.6 Å². The van der Waals surface area contributed by atoms with E-state index in [0.29, 0.717) is 22.3 Å².